The first-order valence-corrected chi connectivity index (χ1v) is 6.20. The summed E-state index contributed by atoms with van der Waals surface area (Å²) in [6.45, 7) is 0.553. The smallest absolute Gasteiger partial charge is 0.295 e. The molecule has 0 saturated carbocycles. The van der Waals surface area contributed by atoms with E-state index in [-0.39, 0.29) is 17.6 Å². The highest BCUT2D eigenvalue weighted by Crippen LogP contribution is 2.30. The average molecular weight is 272 g/mol. The van der Waals surface area contributed by atoms with Crippen LogP contribution in [0.15, 0.2) is 30.5 Å². The molecule has 7 nitrogen and oxygen atoms in total. The summed E-state index contributed by atoms with van der Waals surface area (Å²) < 4.78 is 0. The maximum atomic E-state index is 11.2. The number of amides is 1. The number of aromatic nitrogens is 1. The minimum Gasteiger partial charge on any atom is -0.379 e. The van der Waals surface area contributed by atoms with Crippen LogP contribution in [0.1, 0.15) is 6.42 Å². The van der Waals surface area contributed by atoms with Crippen molar-refractivity contribution in [1.82, 2.24) is 10.3 Å². The van der Waals surface area contributed by atoms with Crippen molar-refractivity contribution in [2.45, 2.75) is 12.5 Å². The van der Waals surface area contributed by atoms with E-state index >= 15 is 0 Å². The lowest BCUT2D eigenvalue weighted by molar-refractivity contribution is -0.383. The number of hydrogen-bond acceptors (Lipinski definition) is 5. The van der Waals surface area contributed by atoms with Crippen molar-refractivity contribution < 1.29 is 9.72 Å². The first-order valence-electron chi connectivity index (χ1n) is 6.20. The Morgan fingerprint density at radius 3 is 2.95 bits per heavy atom. The van der Waals surface area contributed by atoms with Crippen LogP contribution in [0.4, 0.5) is 11.4 Å². The zero-order chi connectivity index (χ0) is 14.1. The second-order valence-corrected chi connectivity index (χ2v) is 4.64. The zero-order valence-corrected chi connectivity index (χ0v) is 10.5. The highest BCUT2D eigenvalue weighted by Gasteiger charge is 2.23. The Bertz CT molecular complexity index is 701. The summed E-state index contributed by atoms with van der Waals surface area (Å²) in [4.78, 5) is 25.8. The van der Waals surface area contributed by atoms with Gasteiger partial charge in [-0.2, -0.15) is 0 Å². The van der Waals surface area contributed by atoms with Gasteiger partial charge in [0.1, 0.15) is 5.52 Å². The third-order valence-corrected chi connectivity index (χ3v) is 3.28. The van der Waals surface area contributed by atoms with E-state index in [1.54, 1.807) is 18.2 Å². The van der Waals surface area contributed by atoms with Gasteiger partial charge in [0, 0.05) is 36.3 Å². The highest BCUT2D eigenvalue weighted by atomic mass is 16.6. The van der Waals surface area contributed by atoms with Crippen LogP contribution >= 0.6 is 0 Å². The molecule has 1 atom stereocenters. The molecule has 1 aromatic carbocycles. The molecule has 0 aliphatic carbocycles. The second kappa shape index (κ2) is 4.76. The number of nitrogens with one attached hydrogen (secondary N) is 2. The monoisotopic (exact) mass is 272 g/mol. The summed E-state index contributed by atoms with van der Waals surface area (Å²) in [6.07, 6.45) is 1.93. The van der Waals surface area contributed by atoms with Crippen LogP contribution in [0.2, 0.25) is 0 Å². The number of carbonyl (C=O) groups excluding carboxylic acids is 1. The summed E-state index contributed by atoms with van der Waals surface area (Å²) in [5.41, 5.74) is 1.08. The summed E-state index contributed by atoms with van der Waals surface area (Å²) in [7, 11) is 0. The van der Waals surface area contributed by atoms with Crippen LogP contribution in [0, 0.1) is 10.1 Å². The minimum absolute atomic E-state index is 0.00634. The van der Waals surface area contributed by atoms with Gasteiger partial charge in [0.15, 0.2) is 0 Å². The molecule has 1 aliphatic heterocycles. The van der Waals surface area contributed by atoms with Crippen LogP contribution in [-0.4, -0.2) is 28.4 Å². The van der Waals surface area contributed by atoms with Gasteiger partial charge in [-0.15, -0.1) is 0 Å². The lowest BCUT2D eigenvalue weighted by atomic mass is 10.1. The number of carbonyl (C=O) groups is 1. The van der Waals surface area contributed by atoms with E-state index in [1.165, 1.54) is 12.3 Å². The molecule has 1 aromatic heterocycles. The average Bonchev–Trinajstić information content (AvgIpc) is 2.84. The molecule has 0 radical (unpaired) electrons. The normalized spacial score (nSPS) is 18.0. The number of hydrogen-bond donors (Lipinski definition) is 2. The lowest BCUT2D eigenvalue weighted by Gasteiger charge is -2.14. The summed E-state index contributed by atoms with van der Waals surface area (Å²) in [5.74, 6) is 0.00634. The number of nitrogens with zero attached hydrogens (tertiary/aromatic N) is 2. The molecule has 20 heavy (non-hydrogen) atoms. The summed E-state index contributed by atoms with van der Waals surface area (Å²) in [5, 5.41) is 17.7. The number of benzene rings is 1. The number of non-ortho nitro benzene ring substituents is 1. The van der Waals surface area contributed by atoms with Crippen LogP contribution < -0.4 is 10.6 Å². The van der Waals surface area contributed by atoms with Crippen molar-refractivity contribution in [3.05, 3.63) is 40.6 Å². The number of fused-ring (bicyclic) bond motifs is 1. The van der Waals surface area contributed by atoms with Gasteiger partial charge in [0.05, 0.1) is 11.0 Å². The molecule has 0 spiro atoms. The van der Waals surface area contributed by atoms with Gasteiger partial charge in [-0.25, -0.2) is 4.98 Å². The molecular weight excluding hydrogens is 260 g/mol. The van der Waals surface area contributed by atoms with E-state index in [0.29, 0.717) is 23.9 Å². The maximum absolute atomic E-state index is 11.2. The van der Waals surface area contributed by atoms with Crippen LogP contribution in [0.5, 0.6) is 0 Å². The van der Waals surface area contributed by atoms with E-state index in [2.05, 4.69) is 15.6 Å². The Morgan fingerprint density at radius 1 is 1.40 bits per heavy atom. The molecule has 7 heteroatoms. The van der Waals surface area contributed by atoms with E-state index in [9.17, 15) is 14.9 Å². The Morgan fingerprint density at radius 2 is 2.25 bits per heavy atom. The maximum Gasteiger partial charge on any atom is 0.295 e. The van der Waals surface area contributed by atoms with E-state index < -0.39 is 4.92 Å². The molecule has 2 heterocycles. The third-order valence-electron chi connectivity index (χ3n) is 3.28. The van der Waals surface area contributed by atoms with Crippen molar-refractivity contribution in [3.63, 3.8) is 0 Å². The Labute approximate surface area is 114 Å². The largest absolute Gasteiger partial charge is 0.379 e. The quantitative estimate of drug-likeness (QED) is 0.651. The molecule has 0 bridgehead atoms. The fourth-order valence-electron chi connectivity index (χ4n) is 2.36. The third kappa shape index (κ3) is 2.13. The predicted molar refractivity (Wildman–Crippen MR) is 73.4 cm³/mol. The predicted octanol–water partition coefficient (Wildman–Crippen LogP) is 1.44. The zero-order valence-electron chi connectivity index (χ0n) is 10.5. The topological polar surface area (TPSA) is 97.2 Å². The minimum atomic E-state index is -0.445. The van der Waals surface area contributed by atoms with Gasteiger partial charge in [0.2, 0.25) is 5.91 Å². The number of anilines is 1. The fraction of sp³-hybridized carbons (Fsp3) is 0.231. The Kier molecular flexibility index (Phi) is 2.94. The fourth-order valence-corrected chi connectivity index (χ4v) is 2.36. The van der Waals surface area contributed by atoms with Crippen molar-refractivity contribution in [1.29, 1.82) is 0 Å². The molecule has 2 N–H and O–H groups in total. The van der Waals surface area contributed by atoms with Crippen LogP contribution in [0.25, 0.3) is 10.9 Å². The molecule has 1 aliphatic rings. The molecule has 1 unspecified atom stereocenters. The Hall–Kier alpha value is -2.70. The van der Waals surface area contributed by atoms with E-state index in [1.807, 2.05) is 0 Å². The first-order chi connectivity index (χ1) is 9.65. The second-order valence-electron chi connectivity index (χ2n) is 4.64. The van der Waals surface area contributed by atoms with Crippen molar-refractivity contribution >= 4 is 28.2 Å². The van der Waals surface area contributed by atoms with Gasteiger partial charge in [-0.05, 0) is 18.2 Å². The number of rotatable bonds is 3. The molecular formula is C13H12N4O3. The van der Waals surface area contributed by atoms with E-state index in [0.717, 1.165) is 5.69 Å². The number of pyridine rings is 1. The van der Waals surface area contributed by atoms with Gasteiger partial charge in [0.25, 0.3) is 5.69 Å². The van der Waals surface area contributed by atoms with Crippen molar-refractivity contribution in [3.8, 4) is 0 Å². The molecule has 102 valence electrons. The number of nitro benzene ring substituents is 1. The molecule has 2 aromatic rings. The standard InChI is InChI=1S/C13H12N4O3/c18-12-6-8(7-15-12)16-10-3-4-11(17(19)20)13-9(10)2-1-5-14-13/h1-5,8,16H,6-7H2,(H,15,18). The summed E-state index contributed by atoms with van der Waals surface area (Å²) in [6, 6.07) is 6.59. The molecule has 1 amide bonds. The van der Waals surface area contributed by atoms with Gasteiger partial charge >= 0.3 is 0 Å². The number of nitro groups is 1. The van der Waals surface area contributed by atoms with Gasteiger partial charge in [-0.1, -0.05) is 0 Å². The SMILES string of the molecule is O=C1CC(Nc2ccc([N+](=O)[O-])c3ncccc23)CN1. The lowest BCUT2D eigenvalue weighted by Crippen LogP contribution is -2.22. The first kappa shape index (κ1) is 12.3. The highest BCUT2D eigenvalue weighted by molar-refractivity contribution is 5.97. The molecule has 1 saturated heterocycles. The van der Waals surface area contributed by atoms with Crippen molar-refractivity contribution in [2.75, 3.05) is 11.9 Å². The van der Waals surface area contributed by atoms with Crippen LogP contribution in [-0.2, 0) is 4.79 Å². The summed E-state index contributed by atoms with van der Waals surface area (Å²) >= 11 is 0. The van der Waals surface area contributed by atoms with Crippen molar-refractivity contribution in [2.24, 2.45) is 0 Å². The van der Waals surface area contributed by atoms with Crippen LogP contribution in [0.3, 0.4) is 0 Å². The van der Waals surface area contributed by atoms with Gasteiger partial charge < -0.3 is 10.6 Å². The molecule has 1 fully saturated rings. The van der Waals surface area contributed by atoms with Gasteiger partial charge in [-0.3, -0.25) is 14.9 Å². The Balaban J connectivity index is 2.02. The van der Waals surface area contributed by atoms with E-state index in [4.69, 9.17) is 0 Å². The molecule has 3 rings (SSSR count).